The van der Waals surface area contributed by atoms with Crippen LogP contribution in [0.4, 0.5) is 14.5 Å². The first-order valence-corrected chi connectivity index (χ1v) is 9.38. The predicted octanol–water partition coefficient (Wildman–Crippen LogP) is 4.47. The Hall–Kier alpha value is -3.74. The third-order valence-electron chi connectivity index (χ3n) is 4.81. The van der Waals surface area contributed by atoms with Gasteiger partial charge in [-0.05, 0) is 54.6 Å². The standard InChI is InChI=1S/C23H18F2N2O3/c24-20-11-6-15(12-21(20)25)23(29)27-13-16(14-27)22(28)26-17-7-9-19(10-8-17)30-18-4-2-1-3-5-18/h1-12,16H,13-14H2,(H,26,28). The van der Waals surface area contributed by atoms with Crippen molar-refractivity contribution in [2.24, 2.45) is 5.92 Å². The lowest BCUT2D eigenvalue weighted by Crippen LogP contribution is -2.54. The van der Waals surface area contributed by atoms with E-state index >= 15 is 0 Å². The summed E-state index contributed by atoms with van der Waals surface area (Å²) < 4.78 is 32.0. The number of hydrogen-bond acceptors (Lipinski definition) is 3. The molecule has 0 atom stereocenters. The van der Waals surface area contributed by atoms with Gasteiger partial charge in [0.1, 0.15) is 11.5 Å². The second-order valence-electron chi connectivity index (χ2n) is 6.96. The molecular weight excluding hydrogens is 390 g/mol. The van der Waals surface area contributed by atoms with Crippen LogP contribution >= 0.6 is 0 Å². The van der Waals surface area contributed by atoms with Crippen molar-refractivity contribution in [3.8, 4) is 11.5 Å². The van der Waals surface area contributed by atoms with Crippen LogP contribution in [0.25, 0.3) is 0 Å². The van der Waals surface area contributed by atoms with Crippen molar-refractivity contribution >= 4 is 17.5 Å². The molecule has 0 radical (unpaired) electrons. The van der Waals surface area contributed by atoms with Crippen LogP contribution in [0.15, 0.2) is 72.8 Å². The fourth-order valence-electron chi connectivity index (χ4n) is 3.10. The van der Waals surface area contributed by atoms with E-state index in [2.05, 4.69) is 5.32 Å². The van der Waals surface area contributed by atoms with Gasteiger partial charge in [-0.2, -0.15) is 0 Å². The van der Waals surface area contributed by atoms with E-state index in [4.69, 9.17) is 4.74 Å². The highest BCUT2D eigenvalue weighted by atomic mass is 19.2. The van der Waals surface area contributed by atoms with Crippen LogP contribution in [0, 0.1) is 17.6 Å². The number of para-hydroxylation sites is 1. The number of hydrogen-bond donors (Lipinski definition) is 1. The van der Waals surface area contributed by atoms with Gasteiger partial charge in [0.25, 0.3) is 5.91 Å². The highest BCUT2D eigenvalue weighted by Crippen LogP contribution is 2.24. The van der Waals surface area contributed by atoms with E-state index in [1.54, 1.807) is 24.3 Å². The first-order valence-electron chi connectivity index (χ1n) is 9.38. The minimum absolute atomic E-state index is 0.0572. The van der Waals surface area contributed by atoms with Gasteiger partial charge < -0.3 is 15.0 Å². The second-order valence-corrected chi connectivity index (χ2v) is 6.96. The van der Waals surface area contributed by atoms with Gasteiger partial charge in [0.05, 0.1) is 5.92 Å². The third-order valence-corrected chi connectivity index (χ3v) is 4.81. The fourth-order valence-corrected chi connectivity index (χ4v) is 3.10. The zero-order valence-electron chi connectivity index (χ0n) is 15.8. The summed E-state index contributed by atoms with van der Waals surface area (Å²) in [4.78, 5) is 26.1. The third kappa shape index (κ3) is 4.30. The lowest BCUT2D eigenvalue weighted by molar-refractivity contribution is -0.123. The van der Waals surface area contributed by atoms with Crippen LogP contribution in [0.1, 0.15) is 10.4 Å². The maximum absolute atomic E-state index is 13.3. The van der Waals surface area contributed by atoms with Crippen LogP contribution < -0.4 is 10.1 Å². The molecule has 0 bridgehead atoms. The number of carbonyl (C=O) groups excluding carboxylic acids is 2. The van der Waals surface area contributed by atoms with Crippen LogP contribution in [-0.4, -0.2) is 29.8 Å². The van der Waals surface area contributed by atoms with Gasteiger partial charge in [-0.3, -0.25) is 9.59 Å². The molecule has 7 heteroatoms. The van der Waals surface area contributed by atoms with Crippen molar-refractivity contribution in [2.45, 2.75) is 0 Å². The Morgan fingerprint density at radius 2 is 1.53 bits per heavy atom. The van der Waals surface area contributed by atoms with Gasteiger partial charge in [-0.1, -0.05) is 18.2 Å². The molecule has 1 aliphatic heterocycles. The van der Waals surface area contributed by atoms with Crippen LogP contribution in [0.5, 0.6) is 11.5 Å². The zero-order valence-corrected chi connectivity index (χ0v) is 15.8. The average molecular weight is 408 g/mol. The Morgan fingerprint density at radius 3 is 2.20 bits per heavy atom. The summed E-state index contributed by atoms with van der Waals surface area (Å²) in [6.07, 6.45) is 0. The Morgan fingerprint density at radius 1 is 0.867 bits per heavy atom. The van der Waals surface area contributed by atoms with E-state index in [9.17, 15) is 18.4 Å². The number of halogens is 2. The Labute approximate surface area is 171 Å². The Balaban J connectivity index is 1.29. The molecule has 0 saturated carbocycles. The normalized spacial score (nSPS) is 13.5. The smallest absolute Gasteiger partial charge is 0.254 e. The molecule has 0 unspecified atom stereocenters. The maximum Gasteiger partial charge on any atom is 0.254 e. The van der Waals surface area contributed by atoms with Gasteiger partial charge in [-0.15, -0.1) is 0 Å². The van der Waals surface area contributed by atoms with Crippen LogP contribution in [0.3, 0.4) is 0 Å². The molecule has 0 spiro atoms. The van der Waals surface area contributed by atoms with Gasteiger partial charge in [0, 0.05) is 24.3 Å². The summed E-state index contributed by atoms with van der Waals surface area (Å²) in [7, 11) is 0. The molecule has 4 rings (SSSR count). The summed E-state index contributed by atoms with van der Waals surface area (Å²) in [6, 6.07) is 19.3. The number of rotatable bonds is 5. The first-order chi connectivity index (χ1) is 14.5. The number of carbonyl (C=O) groups is 2. The van der Waals surface area contributed by atoms with Gasteiger partial charge >= 0.3 is 0 Å². The molecule has 1 heterocycles. The fraction of sp³-hybridized carbons (Fsp3) is 0.130. The van der Waals surface area contributed by atoms with Crippen molar-refractivity contribution in [3.63, 3.8) is 0 Å². The Kier molecular flexibility index (Phi) is 5.43. The molecule has 2 amide bonds. The first kappa shape index (κ1) is 19.6. The molecule has 5 nitrogen and oxygen atoms in total. The zero-order chi connectivity index (χ0) is 21.1. The highest BCUT2D eigenvalue weighted by Gasteiger charge is 2.36. The number of ether oxygens (including phenoxy) is 1. The van der Waals surface area contributed by atoms with Gasteiger partial charge in [0.2, 0.25) is 5.91 Å². The summed E-state index contributed by atoms with van der Waals surface area (Å²) >= 11 is 0. The highest BCUT2D eigenvalue weighted by molar-refractivity contribution is 5.98. The minimum atomic E-state index is -1.07. The molecule has 152 valence electrons. The van der Waals surface area contributed by atoms with Crippen molar-refractivity contribution in [1.82, 2.24) is 4.90 Å². The quantitative estimate of drug-likeness (QED) is 0.678. The largest absolute Gasteiger partial charge is 0.457 e. The molecule has 30 heavy (non-hydrogen) atoms. The average Bonchev–Trinajstić information content (AvgIpc) is 2.71. The molecule has 3 aromatic carbocycles. The maximum atomic E-state index is 13.3. The number of amides is 2. The number of anilines is 1. The molecule has 1 saturated heterocycles. The van der Waals surface area contributed by atoms with Gasteiger partial charge in [0.15, 0.2) is 11.6 Å². The van der Waals surface area contributed by atoms with E-state index in [1.807, 2.05) is 30.3 Å². The monoisotopic (exact) mass is 408 g/mol. The van der Waals surface area contributed by atoms with E-state index in [0.717, 1.165) is 17.9 Å². The van der Waals surface area contributed by atoms with Crippen molar-refractivity contribution in [2.75, 3.05) is 18.4 Å². The number of benzene rings is 3. The number of likely N-dealkylation sites (tertiary alicyclic amines) is 1. The van der Waals surface area contributed by atoms with E-state index in [0.29, 0.717) is 11.4 Å². The van der Waals surface area contributed by atoms with Crippen molar-refractivity contribution in [1.29, 1.82) is 0 Å². The van der Waals surface area contributed by atoms with Crippen molar-refractivity contribution < 1.29 is 23.1 Å². The SMILES string of the molecule is O=C(Nc1ccc(Oc2ccccc2)cc1)C1CN(C(=O)c2ccc(F)c(F)c2)C1. The Bertz CT molecular complexity index is 1070. The van der Waals surface area contributed by atoms with Crippen molar-refractivity contribution in [3.05, 3.63) is 90.0 Å². The lowest BCUT2D eigenvalue weighted by atomic mass is 9.97. The molecule has 3 aromatic rings. The van der Waals surface area contributed by atoms with Crippen LogP contribution in [-0.2, 0) is 4.79 Å². The predicted molar refractivity (Wildman–Crippen MR) is 107 cm³/mol. The number of nitrogens with one attached hydrogen (secondary N) is 1. The van der Waals surface area contributed by atoms with E-state index < -0.39 is 17.5 Å². The molecular formula is C23H18F2N2O3. The number of nitrogens with zero attached hydrogens (tertiary/aromatic N) is 1. The summed E-state index contributed by atoms with van der Waals surface area (Å²) in [5.41, 5.74) is 0.674. The van der Waals surface area contributed by atoms with Gasteiger partial charge in [-0.25, -0.2) is 8.78 Å². The topological polar surface area (TPSA) is 58.6 Å². The molecule has 0 aliphatic carbocycles. The summed E-state index contributed by atoms with van der Waals surface area (Å²) in [6.45, 7) is 0.442. The minimum Gasteiger partial charge on any atom is -0.457 e. The van der Waals surface area contributed by atoms with E-state index in [-0.39, 0.29) is 30.5 Å². The summed E-state index contributed by atoms with van der Waals surface area (Å²) in [5.74, 6) is -1.72. The molecule has 1 N–H and O–H groups in total. The molecule has 0 aromatic heterocycles. The molecule has 1 fully saturated rings. The van der Waals surface area contributed by atoms with Crippen LogP contribution in [0.2, 0.25) is 0 Å². The summed E-state index contributed by atoms with van der Waals surface area (Å²) in [5, 5.41) is 2.81. The second kappa shape index (κ2) is 8.32. The lowest BCUT2D eigenvalue weighted by Gasteiger charge is -2.38. The molecule has 1 aliphatic rings. The van der Waals surface area contributed by atoms with E-state index in [1.165, 1.54) is 11.0 Å².